The fraction of sp³-hybridized carbons (Fsp3) is 0.875. The number of amides is 1. The summed E-state index contributed by atoms with van der Waals surface area (Å²) in [6.07, 6.45) is 3.67. The number of aliphatic hydroxyl groups is 1. The van der Waals surface area contributed by atoms with Crippen molar-refractivity contribution in [3.63, 3.8) is 0 Å². The quantitative estimate of drug-likeness (QED) is 0.737. The molecule has 0 unspecified atom stereocenters. The average molecular weight is 363 g/mol. The number of aliphatic hydroxyl groups excluding tert-OH is 1. The van der Waals surface area contributed by atoms with Crippen LogP contribution in [0, 0.1) is 11.3 Å². The molecule has 0 aliphatic heterocycles. The molecule has 0 saturated heterocycles. The van der Waals surface area contributed by atoms with E-state index in [0.29, 0.717) is 12.3 Å². The van der Waals surface area contributed by atoms with Gasteiger partial charge in [-0.3, -0.25) is 0 Å². The van der Waals surface area contributed by atoms with E-state index < -0.39 is 13.9 Å². The molecular weight excluding hydrogens is 333 g/mol. The molecule has 1 aliphatic carbocycles. The third kappa shape index (κ3) is 6.09. The first-order valence-electron chi connectivity index (χ1n) is 7.70. The molecule has 5 heteroatoms. The summed E-state index contributed by atoms with van der Waals surface area (Å²) in [4.78, 5) is 24.6. The second-order valence-electron chi connectivity index (χ2n) is 7.38. The Morgan fingerprint density at radius 1 is 1.19 bits per heavy atom. The van der Waals surface area contributed by atoms with Crippen molar-refractivity contribution in [3.05, 3.63) is 0 Å². The molecule has 0 aromatic rings. The molecular formula is C16H30NO3Se. The molecule has 1 aliphatic rings. The van der Waals surface area contributed by atoms with Gasteiger partial charge in [-0.15, -0.1) is 0 Å². The van der Waals surface area contributed by atoms with Crippen LogP contribution in [0.1, 0.15) is 52.9 Å². The van der Waals surface area contributed by atoms with Crippen molar-refractivity contribution in [2.45, 2.75) is 76.7 Å². The van der Waals surface area contributed by atoms with E-state index in [-0.39, 0.29) is 28.1 Å². The standard InChI is InChI=1S/C16H30NO3Se/c1-16(2,3)14(15(20)21(4)5)17-13(19)10-11-6-8-12(18)9-7-11/h11-12,14,18H,6-10H2,1-5H3,(H,17,19)/t11?,12?,14-/m1/s1. The Hall–Kier alpha value is -0.381. The number of carbonyl (C=O) groups excluding carboxylic acids is 2. The molecule has 0 bridgehead atoms. The fourth-order valence-corrected chi connectivity index (χ4v) is 4.55. The zero-order valence-corrected chi connectivity index (χ0v) is 15.7. The van der Waals surface area contributed by atoms with Gasteiger partial charge in [0, 0.05) is 0 Å². The third-order valence-electron chi connectivity index (χ3n) is 4.10. The zero-order chi connectivity index (χ0) is 16.2. The Labute approximate surface area is 133 Å². The molecule has 2 N–H and O–H groups in total. The Bertz CT molecular complexity index is 368. The topological polar surface area (TPSA) is 66.4 Å². The number of hydrogen-bond donors (Lipinski definition) is 2. The fourth-order valence-electron chi connectivity index (χ4n) is 2.70. The number of carbonyl (C=O) groups is 2. The van der Waals surface area contributed by atoms with Gasteiger partial charge < -0.3 is 0 Å². The van der Waals surface area contributed by atoms with Gasteiger partial charge in [0.1, 0.15) is 0 Å². The molecule has 1 amide bonds. The van der Waals surface area contributed by atoms with E-state index in [1.54, 1.807) is 0 Å². The molecule has 1 atom stereocenters. The first-order chi connectivity index (χ1) is 9.61. The molecule has 0 heterocycles. The molecule has 123 valence electrons. The number of nitrogens with one attached hydrogen (secondary N) is 1. The summed E-state index contributed by atoms with van der Waals surface area (Å²) in [5.74, 6) is 4.32. The van der Waals surface area contributed by atoms with E-state index in [1.807, 2.05) is 32.4 Å². The van der Waals surface area contributed by atoms with Crippen LogP contribution < -0.4 is 5.32 Å². The minimum atomic E-state index is -1.29. The van der Waals surface area contributed by atoms with Gasteiger partial charge in [-0.05, 0) is 0 Å². The maximum atomic E-state index is 12.4. The number of hydrogen-bond acceptors (Lipinski definition) is 3. The Morgan fingerprint density at radius 3 is 2.14 bits per heavy atom. The van der Waals surface area contributed by atoms with Crippen molar-refractivity contribution in [2.24, 2.45) is 11.3 Å². The Morgan fingerprint density at radius 2 is 1.71 bits per heavy atom. The Kier molecular flexibility index (Phi) is 6.89. The van der Waals surface area contributed by atoms with Crippen LogP contribution in [-0.2, 0) is 9.59 Å². The van der Waals surface area contributed by atoms with Crippen molar-refractivity contribution in [1.82, 2.24) is 5.32 Å². The van der Waals surface area contributed by atoms with Crippen LogP contribution in [0.3, 0.4) is 0 Å². The van der Waals surface area contributed by atoms with Crippen molar-refractivity contribution < 1.29 is 14.7 Å². The van der Waals surface area contributed by atoms with Crippen LogP contribution >= 0.6 is 0 Å². The second-order valence-corrected chi connectivity index (χ2v) is 11.7. The van der Waals surface area contributed by atoms with Gasteiger partial charge in [0.2, 0.25) is 0 Å². The van der Waals surface area contributed by atoms with Gasteiger partial charge in [0.15, 0.2) is 0 Å². The number of rotatable bonds is 5. The molecule has 0 aromatic heterocycles. The predicted octanol–water partition coefficient (Wildman–Crippen LogP) is 2.32. The van der Waals surface area contributed by atoms with Gasteiger partial charge in [0.05, 0.1) is 0 Å². The maximum absolute atomic E-state index is 12.4. The predicted molar refractivity (Wildman–Crippen MR) is 86.5 cm³/mol. The molecule has 0 aromatic carbocycles. The summed E-state index contributed by atoms with van der Waals surface area (Å²) in [6, 6.07) is -0.376. The summed E-state index contributed by atoms with van der Waals surface area (Å²) in [5.41, 5.74) is -0.247. The molecule has 1 rings (SSSR count). The van der Waals surface area contributed by atoms with Gasteiger partial charge in [-0.25, -0.2) is 0 Å². The molecule has 1 radical (unpaired) electrons. The molecule has 21 heavy (non-hydrogen) atoms. The van der Waals surface area contributed by atoms with E-state index in [2.05, 4.69) is 5.32 Å². The Balaban J connectivity index is 2.58. The van der Waals surface area contributed by atoms with Crippen LogP contribution in [0.15, 0.2) is 0 Å². The molecule has 0 spiro atoms. The third-order valence-corrected chi connectivity index (χ3v) is 6.28. The van der Waals surface area contributed by atoms with Gasteiger partial charge in [-0.1, -0.05) is 0 Å². The van der Waals surface area contributed by atoms with E-state index in [1.165, 1.54) is 0 Å². The van der Waals surface area contributed by atoms with E-state index >= 15 is 0 Å². The van der Waals surface area contributed by atoms with E-state index in [0.717, 1.165) is 25.7 Å². The van der Waals surface area contributed by atoms with E-state index in [4.69, 9.17) is 0 Å². The van der Waals surface area contributed by atoms with Crippen LogP contribution in [0.2, 0.25) is 11.6 Å². The van der Waals surface area contributed by atoms with Gasteiger partial charge >= 0.3 is 133 Å². The summed E-state index contributed by atoms with van der Waals surface area (Å²) in [5, 5.41) is 12.5. The van der Waals surface area contributed by atoms with Gasteiger partial charge in [-0.2, -0.15) is 0 Å². The summed E-state index contributed by atoms with van der Waals surface area (Å²) in [6.45, 7) is 6.00. The summed E-state index contributed by atoms with van der Waals surface area (Å²) >= 11 is -1.29. The van der Waals surface area contributed by atoms with Crippen molar-refractivity contribution in [3.8, 4) is 0 Å². The average Bonchev–Trinajstić information content (AvgIpc) is 2.36. The molecule has 4 nitrogen and oxygen atoms in total. The normalized spacial score (nSPS) is 24.7. The van der Waals surface area contributed by atoms with E-state index in [9.17, 15) is 14.7 Å². The molecule has 1 fully saturated rings. The van der Waals surface area contributed by atoms with Crippen LogP contribution in [0.5, 0.6) is 0 Å². The molecule has 1 saturated carbocycles. The van der Waals surface area contributed by atoms with Gasteiger partial charge in [0.25, 0.3) is 0 Å². The monoisotopic (exact) mass is 364 g/mol. The van der Waals surface area contributed by atoms with Crippen LogP contribution in [0.4, 0.5) is 0 Å². The van der Waals surface area contributed by atoms with Crippen molar-refractivity contribution in [1.29, 1.82) is 0 Å². The minimum absolute atomic E-state index is 0.0167. The van der Waals surface area contributed by atoms with Crippen molar-refractivity contribution in [2.75, 3.05) is 0 Å². The first kappa shape index (κ1) is 18.7. The SMILES string of the molecule is C[Se](C)C(=O)[C@@H](NC(=O)CC1CCC(O)CC1)C(C)(C)C. The first-order valence-corrected chi connectivity index (χ1v) is 12.0. The van der Waals surface area contributed by atoms with Crippen molar-refractivity contribution >= 4 is 24.5 Å². The van der Waals surface area contributed by atoms with Crippen LogP contribution in [0.25, 0.3) is 0 Å². The second kappa shape index (κ2) is 7.75. The summed E-state index contributed by atoms with van der Waals surface area (Å²) in [7, 11) is 0. The summed E-state index contributed by atoms with van der Waals surface area (Å²) < 4.78 is 0.218. The van der Waals surface area contributed by atoms with Crippen LogP contribution in [-0.4, -0.2) is 41.7 Å². The zero-order valence-electron chi connectivity index (χ0n) is 13.9.